The molecule has 0 aromatic carbocycles. The molecule has 1 heterocycles. The molecular weight excluding hydrogens is 300 g/mol. The van der Waals surface area contributed by atoms with Crippen LogP contribution in [-0.2, 0) is 14.3 Å². The van der Waals surface area contributed by atoms with Crippen molar-refractivity contribution in [3.63, 3.8) is 0 Å². The lowest BCUT2D eigenvalue weighted by molar-refractivity contribution is -0.148. The second kappa shape index (κ2) is 9.61. The van der Waals surface area contributed by atoms with Gasteiger partial charge in [0.1, 0.15) is 12.1 Å². The number of carbonyl (C=O) groups excluding carboxylic acids is 2. The molecule has 0 saturated heterocycles. The summed E-state index contributed by atoms with van der Waals surface area (Å²) in [6.45, 7) is 1.63. The van der Waals surface area contributed by atoms with E-state index in [1.165, 1.54) is 6.92 Å². The maximum absolute atomic E-state index is 11.7. The SMILES string of the molecule is CCOC(=O)CC(=O)C(F)F.O=c1cc(C(F)F)nc[nH]1. The second-order valence-electron chi connectivity index (χ2n) is 3.39. The molecule has 1 aromatic rings. The van der Waals surface area contributed by atoms with Crippen molar-refractivity contribution in [2.75, 3.05) is 6.61 Å². The Bertz CT molecular complexity index is 519. The van der Waals surface area contributed by atoms with Gasteiger partial charge in [0.05, 0.1) is 12.9 Å². The van der Waals surface area contributed by atoms with Crippen LogP contribution in [0.1, 0.15) is 25.5 Å². The highest BCUT2D eigenvalue weighted by atomic mass is 19.3. The molecule has 1 rings (SSSR count). The number of Topliss-reactive ketones (excluding diaryl/α,β-unsaturated/α-hetero) is 1. The van der Waals surface area contributed by atoms with E-state index in [-0.39, 0.29) is 6.61 Å². The fraction of sp³-hybridized carbons (Fsp3) is 0.455. The van der Waals surface area contributed by atoms with Crippen molar-refractivity contribution in [3.8, 4) is 0 Å². The molecular formula is C11H12F4N2O4. The number of alkyl halides is 4. The number of esters is 1. The van der Waals surface area contributed by atoms with Gasteiger partial charge in [-0.3, -0.25) is 14.4 Å². The first-order chi connectivity index (χ1) is 9.77. The van der Waals surface area contributed by atoms with Crippen LogP contribution in [0, 0.1) is 0 Å². The lowest BCUT2D eigenvalue weighted by Gasteiger charge is -1.99. The van der Waals surface area contributed by atoms with Crippen LogP contribution in [0.2, 0.25) is 0 Å². The summed E-state index contributed by atoms with van der Waals surface area (Å²) in [5, 5.41) is 0. The Morgan fingerprint density at radius 1 is 1.33 bits per heavy atom. The van der Waals surface area contributed by atoms with Crippen LogP contribution < -0.4 is 5.56 Å². The molecule has 0 unspecified atom stereocenters. The van der Waals surface area contributed by atoms with Gasteiger partial charge in [-0.2, -0.15) is 0 Å². The molecule has 0 radical (unpaired) electrons. The highest BCUT2D eigenvalue weighted by Gasteiger charge is 2.19. The minimum absolute atomic E-state index is 0.0926. The van der Waals surface area contributed by atoms with Crippen LogP contribution in [-0.4, -0.2) is 34.8 Å². The quantitative estimate of drug-likeness (QED) is 0.505. The standard InChI is InChI=1S/C6H8F2O3.C5H4F2N2O/c1-2-11-5(10)3-4(9)6(7)8;6-5(7)3-1-4(10)9-2-8-3/h6H,2-3H2,1H3;1-2,5H,(H,8,9,10). The van der Waals surface area contributed by atoms with Gasteiger partial charge in [-0.25, -0.2) is 22.5 Å². The highest BCUT2D eigenvalue weighted by Crippen LogP contribution is 2.12. The summed E-state index contributed by atoms with van der Waals surface area (Å²) in [7, 11) is 0. The average molecular weight is 312 g/mol. The van der Waals surface area contributed by atoms with Gasteiger partial charge in [0, 0.05) is 6.07 Å². The van der Waals surface area contributed by atoms with Crippen LogP contribution >= 0.6 is 0 Å². The third kappa shape index (κ3) is 8.50. The zero-order chi connectivity index (χ0) is 16.4. The van der Waals surface area contributed by atoms with Crippen molar-refractivity contribution in [3.05, 3.63) is 28.4 Å². The van der Waals surface area contributed by atoms with E-state index < -0.39 is 42.3 Å². The number of ether oxygens (including phenoxy) is 1. The number of hydrogen-bond donors (Lipinski definition) is 1. The van der Waals surface area contributed by atoms with E-state index >= 15 is 0 Å². The number of nitrogens with one attached hydrogen (secondary N) is 1. The second-order valence-corrected chi connectivity index (χ2v) is 3.39. The largest absolute Gasteiger partial charge is 0.466 e. The maximum atomic E-state index is 11.7. The van der Waals surface area contributed by atoms with Gasteiger partial charge < -0.3 is 9.72 Å². The summed E-state index contributed by atoms with van der Waals surface area (Å²) in [5.41, 5.74) is -1.06. The Morgan fingerprint density at radius 2 is 1.95 bits per heavy atom. The third-order valence-electron chi connectivity index (χ3n) is 1.79. The summed E-state index contributed by atoms with van der Waals surface area (Å²) in [6, 6.07) is 0.769. The van der Waals surface area contributed by atoms with Gasteiger partial charge in [-0.15, -0.1) is 0 Å². The molecule has 6 nitrogen and oxygen atoms in total. The number of hydrogen-bond acceptors (Lipinski definition) is 5. The average Bonchev–Trinajstić information content (AvgIpc) is 2.39. The smallest absolute Gasteiger partial charge is 0.313 e. The summed E-state index contributed by atoms with van der Waals surface area (Å²) < 4.78 is 50.7. The molecule has 1 N–H and O–H groups in total. The Balaban J connectivity index is 0.000000382. The molecule has 0 fully saturated rings. The maximum Gasteiger partial charge on any atom is 0.313 e. The van der Waals surface area contributed by atoms with Crippen LogP contribution in [0.15, 0.2) is 17.2 Å². The third-order valence-corrected chi connectivity index (χ3v) is 1.79. The number of aromatic amines is 1. The van der Waals surface area contributed by atoms with Crippen molar-refractivity contribution in [1.29, 1.82) is 0 Å². The van der Waals surface area contributed by atoms with Gasteiger partial charge in [0.15, 0.2) is 0 Å². The normalized spacial score (nSPS) is 10.0. The van der Waals surface area contributed by atoms with Gasteiger partial charge in [-0.1, -0.05) is 0 Å². The molecule has 1 aromatic heterocycles. The van der Waals surface area contributed by atoms with Crippen molar-refractivity contribution >= 4 is 11.8 Å². The fourth-order valence-corrected chi connectivity index (χ4v) is 0.934. The number of H-pyrrole nitrogens is 1. The van der Waals surface area contributed by atoms with Gasteiger partial charge in [0.25, 0.3) is 18.4 Å². The molecule has 0 amide bonds. The number of halogens is 4. The molecule has 118 valence electrons. The molecule has 0 aliphatic carbocycles. The van der Waals surface area contributed by atoms with Crippen LogP contribution in [0.4, 0.5) is 17.6 Å². The predicted molar refractivity (Wildman–Crippen MR) is 62.1 cm³/mol. The van der Waals surface area contributed by atoms with Gasteiger partial charge >= 0.3 is 5.97 Å². The molecule has 21 heavy (non-hydrogen) atoms. The Kier molecular flexibility index (Phi) is 8.58. The predicted octanol–water partition coefficient (Wildman–Crippen LogP) is 1.48. The molecule has 0 aliphatic rings. The molecule has 0 spiro atoms. The van der Waals surface area contributed by atoms with Crippen molar-refractivity contribution < 1.29 is 31.9 Å². The van der Waals surface area contributed by atoms with Crippen molar-refractivity contribution in [1.82, 2.24) is 9.97 Å². The van der Waals surface area contributed by atoms with Crippen molar-refractivity contribution in [2.45, 2.75) is 26.2 Å². The molecule has 0 atom stereocenters. The minimum Gasteiger partial charge on any atom is -0.466 e. The molecule has 0 bridgehead atoms. The number of rotatable bonds is 5. The number of ketones is 1. The van der Waals surface area contributed by atoms with Gasteiger partial charge in [0.2, 0.25) is 5.78 Å². The Hall–Kier alpha value is -2.26. The van der Waals surface area contributed by atoms with E-state index in [0.717, 1.165) is 12.4 Å². The minimum atomic E-state index is -3.08. The number of aromatic nitrogens is 2. The Morgan fingerprint density at radius 3 is 2.33 bits per heavy atom. The van der Waals surface area contributed by atoms with Crippen LogP contribution in [0.3, 0.4) is 0 Å². The molecule has 10 heteroatoms. The first kappa shape index (κ1) is 18.7. The number of carbonyl (C=O) groups is 2. The van der Waals surface area contributed by atoms with E-state index in [9.17, 15) is 31.9 Å². The molecule has 0 aliphatic heterocycles. The van der Waals surface area contributed by atoms with Crippen LogP contribution in [0.25, 0.3) is 0 Å². The lowest BCUT2D eigenvalue weighted by atomic mass is 10.3. The highest BCUT2D eigenvalue weighted by molar-refractivity contribution is 5.97. The summed E-state index contributed by atoms with van der Waals surface area (Å²) in [4.78, 5) is 36.3. The van der Waals surface area contributed by atoms with Crippen LogP contribution in [0.5, 0.6) is 0 Å². The van der Waals surface area contributed by atoms with Gasteiger partial charge in [-0.05, 0) is 6.92 Å². The number of nitrogens with zero attached hydrogens (tertiary/aromatic N) is 1. The monoisotopic (exact) mass is 312 g/mol. The zero-order valence-corrected chi connectivity index (χ0v) is 10.8. The van der Waals surface area contributed by atoms with E-state index in [1.807, 2.05) is 0 Å². The van der Waals surface area contributed by atoms with Crippen molar-refractivity contribution in [2.24, 2.45) is 0 Å². The summed E-state index contributed by atoms with van der Waals surface area (Å²) in [5.74, 6) is -2.30. The lowest BCUT2D eigenvalue weighted by Crippen LogP contribution is -2.16. The first-order valence-electron chi connectivity index (χ1n) is 5.57. The zero-order valence-electron chi connectivity index (χ0n) is 10.8. The van der Waals surface area contributed by atoms with E-state index in [1.54, 1.807) is 0 Å². The van der Waals surface area contributed by atoms with E-state index in [2.05, 4.69) is 14.7 Å². The summed E-state index contributed by atoms with van der Waals surface area (Å²) in [6.07, 6.45) is -5.66. The topological polar surface area (TPSA) is 89.1 Å². The first-order valence-corrected chi connectivity index (χ1v) is 5.57. The van der Waals surface area contributed by atoms with E-state index in [0.29, 0.717) is 0 Å². The summed E-state index contributed by atoms with van der Waals surface area (Å²) >= 11 is 0. The Labute approximate surface area is 116 Å². The van der Waals surface area contributed by atoms with E-state index in [4.69, 9.17) is 0 Å². The fourth-order valence-electron chi connectivity index (χ4n) is 0.934. The molecule has 0 saturated carbocycles.